The van der Waals surface area contributed by atoms with Crippen LogP contribution in [-0.4, -0.2) is 41.6 Å². The molecule has 1 fully saturated rings. The SMILES string of the molecule is COc1ccc(Br)c(C(=O)N2CCC[C@@H]2C(=O)O)c1. The van der Waals surface area contributed by atoms with E-state index in [0.29, 0.717) is 35.2 Å². The summed E-state index contributed by atoms with van der Waals surface area (Å²) < 4.78 is 5.72. The summed E-state index contributed by atoms with van der Waals surface area (Å²) in [5, 5.41) is 9.12. The van der Waals surface area contributed by atoms with Crippen molar-refractivity contribution >= 4 is 27.8 Å². The molecule has 0 unspecified atom stereocenters. The van der Waals surface area contributed by atoms with E-state index < -0.39 is 12.0 Å². The summed E-state index contributed by atoms with van der Waals surface area (Å²) in [5.74, 6) is -0.668. The minimum atomic E-state index is -0.954. The molecule has 1 aromatic rings. The molecule has 1 amide bonds. The van der Waals surface area contributed by atoms with Crippen LogP contribution in [0, 0.1) is 0 Å². The smallest absolute Gasteiger partial charge is 0.326 e. The third-order valence-corrected chi connectivity index (χ3v) is 3.89. The summed E-state index contributed by atoms with van der Waals surface area (Å²) in [7, 11) is 1.52. The third-order valence-electron chi connectivity index (χ3n) is 3.20. The number of likely N-dealkylation sites (tertiary alicyclic amines) is 1. The lowest BCUT2D eigenvalue weighted by Crippen LogP contribution is -2.40. The molecule has 6 heteroatoms. The van der Waals surface area contributed by atoms with Crippen molar-refractivity contribution in [1.82, 2.24) is 4.90 Å². The number of carboxylic acid groups (broad SMARTS) is 1. The summed E-state index contributed by atoms with van der Waals surface area (Å²) in [6.45, 7) is 0.472. The predicted octanol–water partition coefficient (Wildman–Crippen LogP) is 2.15. The minimum absolute atomic E-state index is 0.282. The monoisotopic (exact) mass is 327 g/mol. The van der Waals surface area contributed by atoms with Crippen molar-refractivity contribution in [3.8, 4) is 5.75 Å². The Hall–Kier alpha value is -1.56. The van der Waals surface area contributed by atoms with Crippen molar-refractivity contribution in [3.63, 3.8) is 0 Å². The Morgan fingerprint density at radius 1 is 1.47 bits per heavy atom. The maximum Gasteiger partial charge on any atom is 0.326 e. The standard InChI is InChI=1S/C13H14BrNO4/c1-19-8-4-5-10(14)9(7-8)12(16)15-6-2-3-11(15)13(17)18/h4-5,7,11H,2-3,6H2,1H3,(H,17,18)/t11-/m1/s1. The van der Waals surface area contributed by atoms with Gasteiger partial charge in [0.25, 0.3) is 5.91 Å². The number of carbonyl (C=O) groups is 2. The Labute approximate surface area is 119 Å². The molecule has 5 nitrogen and oxygen atoms in total. The topological polar surface area (TPSA) is 66.8 Å². The summed E-state index contributed by atoms with van der Waals surface area (Å²) in [5.41, 5.74) is 0.424. The second kappa shape index (κ2) is 5.61. The van der Waals surface area contributed by atoms with Gasteiger partial charge in [0, 0.05) is 11.0 Å². The molecule has 1 heterocycles. The summed E-state index contributed by atoms with van der Waals surface area (Å²) in [6, 6.07) is 4.34. The zero-order valence-electron chi connectivity index (χ0n) is 10.4. The van der Waals surface area contributed by atoms with Gasteiger partial charge in [-0.2, -0.15) is 0 Å². The zero-order valence-corrected chi connectivity index (χ0v) is 12.0. The molecule has 0 spiro atoms. The molecule has 1 atom stereocenters. The minimum Gasteiger partial charge on any atom is -0.497 e. The van der Waals surface area contributed by atoms with E-state index >= 15 is 0 Å². The maximum absolute atomic E-state index is 12.4. The van der Waals surface area contributed by atoms with Gasteiger partial charge in [0.15, 0.2) is 0 Å². The van der Waals surface area contributed by atoms with Crippen LogP contribution < -0.4 is 4.74 Å². The van der Waals surface area contributed by atoms with Crippen molar-refractivity contribution < 1.29 is 19.4 Å². The number of rotatable bonds is 3. The van der Waals surface area contributed by atoms with Gasteiger partial charge in [-0.1, -0.05) is 0 Å². The van der Waals surface area contributed by atoms with Crippen LogP contribution in [0.15, 0.2) is 22.7 Å². The zero-order chi connectivity index (χ0) is 14.0. The number of nitrogens with zero attached hydrogens (tertiary/aromatic N) is 1. The number of aliphatic carboxylic acids is 1. The highest BCUT2D eigenvalue weighted by molar-refractivity contribution is 9.10. The van der Waals surface area contributed by atoms with Gasteiger partial charge in [0.2, 0.25) is 0 Å². The summed E-state index contributed by atoms with van der Waals surface area (Å²) in [4.78, 5) is 25.0. The Morgan fingerprint density at radius 3 is 2.84 bits per heavy atom. The molecule has 2 rings (SSSR count). The van der Waals surface area contributed by atoms with E-state index in [1.54, 1.807) is 18.2 Å². The lowest BCUT2D eigenvalue weighted by atomic mass is 10.1. The van der Waals surface area contributed by atoms with Crippen LogP contribution in [0.3, 0.4) is 0 Å². The van der Waals surface area contributed by atoms with Crippen molar-refractivity contribution in [2.24, 2.45) is 0 Å². The first-order chi connectivity index (χ1) is 9.04. The molecule has 1 aromatic carbocycles. The quantitative estimate of drug-likeness (QED) is 0.923. The highest BCUT2D eigenvalue weighted by atomic mass is 79.9. The first-order valence-electron chi connectivity index (χ1n) is 5.92. The number of hydrogen-bond donors (Lipinski definition) is 1. The van der Waals surface area contributed by atoms with Gasteiger partial charge in [-0.05, 0) is 47.0 Å². The molecule has 0 bridgehead atoms. The van der Waals surface area contributed by atoms with Crippen LogP contribution in [0.5, 0.6) is 5.75 Å². The first kappa shape index (κ1) is 13.9. The molecule has 0 radical (unpaired) electrons. The van der Waals surface area contributed by atoms with E-state index in [9.17, 15) is 9.59 Å². The largest absolute Gasteiger partial charge is 0.497 e. The molecular formula is C13H14BrNO4. The molecule has 0 aromatic heterocycles. The van der Waals surface area contributed by atoms with Gasteiger partial charge in [0.1, 0.15) is 11.8 Å². The molecule has 1 N–H and O–H groups in total. The maximum atomic E-state index is 12.4. The lowest BCUT2D eigenvalue weighted by molar-refractivity contribution is -0.141. The lowest BCUT2D eigenvalue weighted by Gasteiger charge is -2.22. The van der Waals surface area contributed by atoms with Crippen molar-refractivity contribution in [2.45, 2.75) is 18.9 Å². The van der Waals surface area contributed by atoms with Gasteiger partial charge in [-0.15, -0.1) is 0 Å². The highest BCUT2D eigenvalue weighted by Gasteiger charge is 2.35. The van der Waals surface area contributed by atoms with Gasteiger partial charge >= 0.3 is 5.97 Å². The molecular weight excluding hydrogens is 314 g/mol. The number of carboxylic acids is 1. The Kier molecular flexibility index (Phi) is 4.09. The van der Waals surface area contributed by atoms with Crippen molar-refractivity contribution in [3.05, 3.63) is 28.2 Å². The van der Waals surface area contributed by atoms with Crippen LogP contribution in [0.1, 0.15) is 23.2 Å². The highest BCUT2D eigenvalue weighted by Crippen LogP contribution is 2.27. The van der Waals surface area contributed by atoms with Crippen LogP contribution in [0.4, 0.5) is 0 Å². The molecule has 1 saturated heterocycles. The van der Waals surface area contributed by atoms with Crippen LogP contribution >= 0.6 is 15.9 Å². The van der Waals surface area contributed by atoms with E-state index in [-0.39, 0.29) is 5.91 Å². The Bertz CT molecular complexity index is 517. The van der Waals surface area contributed by atoms with E-state index in [0.717, 1.165) is 0 Å². The molecule has 19 heavy (non-hydrogen) atoms. The Morgan fingerprint density at radius 2 is 2.21 bits per heavy atom. The number of methoxy groups -OCH3 is 1. The third kappa shape index (κ3) is 2.73. The molecule has 0 saturated carbocycles. The second-order valence-corrected chi connectivity index (χ2v) is 5.19. The number of benzene rings is 1. The van der Waals surface area contributed by atoms with E-state index in [4.69, 9.17) is 9.84 Å². The number of hydrogen-bond acceptors (Lipinski definition) is 3. The normalized spacial score (nSPS) is 18.4. The fraction of sp³-hybridized carbons (Fsp3) is 0.385. The summed E-state index contributed by atoms with van der Waals surface area (Å²) >= 11 is 3.31. The first-order valence-corrected chi connectivity index (χ1v) is 6.71. The van der Waals surface area contributed by atoms with E-state index in [1.807, 2.05) is 0 Å². The molecule has 0 aliphatic carbocycles. The number of halogens is 1. The number of amides is 1. The fourth-order valence-corrected chi connectivity index (χ4v) is 2.63. The van der Waals surface area contributed by atoms with Crippen LogP contribution in [-0.2, 0) is 4.79 Å². The average Bonchev–Trinajstić information content (AvgIpc) is 2.88. The van der Waals surface area contributed by atoms with Gasteiger partial charge in [0.05, 0.1) is 12.7 Å². The van der Waals surface area contributed by atoms with Gasteiger partial charge < -0.3 is 14.7 Å². The average molecular weight is 328 g/mol. The van der Waals surface area contributed by atoms with Gasteiger partial charge in [-0.3, -0.25) is 4.79 Å². The van der Waals surface area contributed by atoms with Gasteiger partial charge in [-0.25, -0.2) is 4.79 Å². The number of ether oxygens (including phenoxy) is 1. The second-order valence-electron chi connectivity index (χ2n) is 4.34. The van der Waals surface area contributed by atoms with Crippen LogP contribution in [0.2, 0.25) is 0 Å². The predicted molar refractivity (Wildman–Crippen MR) is 72.4 cm³/mol. The summed E-state index contributed by atoms with van der Waals surface area (Å²) in [6.07, 6.45) is 1.22. The number of carbonyl (C=O) groups excluding carboxylic acids is 1. The fourth-order valence-electron chi connectivity index (χ4n) is 2.22. The van der Waals surface area contributed by atoms with E-state index in [1.165, 1.54) is 12.0 Å². The molecule has 102 valence electrons. The van der Waals surface area contributed by atoms with Crippen LogP contribution in [0.25, 0.3) is 0 Å². The van der Waals surface area contributed by atoms with Crippen molar-refractivity contribution in [1.29, 1.82) is 0 Å². The van der Waals surface area contributed by atoms with E-state index in [2.05, 4.69) is 15.9 Å². The molecule has 1 aliphatic heterocycles. The Balaban J connectivity index is 2.31. The molecule has 1 aliphatic rings. The van der Waals surface area contributed by atoms with Crippen molar-refractivity contribution in [2.75, 3.05) is 13.7 Å².